The average Bonchev–Trinajstić information content (AvgIpc) is 2.72. The lowest BCUT2D eigenvalue weighted by atomic mass is 9.99. The summed E-state index contributed by atoms with van der Waals surface area (Å²) in [5, 5.41) is 2.57. The summed E-state index contributed by atoms with van der Waals surface area (Å²) in [5.74, 6) is -1.49. The summed E-state index contributed by atoms with van der Waals surface area (Å²) in [4.78, 5) is 33.9. The summed E-state index contributed by atoms with van der Waals surface area (Å²) in [5.41, 5.74) is 1.20. The normalized spacial score (nSPS) is 19.0. The molecule has 7 nitrogen and oxygen atoms in total. The minimum atomic E-state index is -0.738. The van der Waals surface area contributed by atoms with Crippen LogP contribution in [0.1, 0.15) is 28.9 Å². The lowest BCUT2D eigenvalue weighted by Crippen LogP contribution is -2.48. The fraction of sp³-hybridized carbons (Fsp3) is 0.300. The molecule has 0 spiro atoms. The van der Waals surface area contributed by atoms with Gasteiger partial charge in [0.15, 0.2) is 5.82 Å². The first kappa shape index (κ1) is 20.9. The van der Waals surface area contributed by atoms with Gasteiger partial charge in [0, 0.05) is 13.6 Å². The van der Waals surface area contributed by atoms with Crippen molar-refractivity contribution in [3.8, 4) is 11.4 Å². The SMILES string of the molecule is C=CC(=O)N1CCO[C@H](c2cc(Cl)nc(-c3cc(C(=O)NC)c(F)cn3)c2)[C@H]1C. The highest BCUT2D eigenvalue weighted by atomic mass is 35.5. The molecule has 2 aromatic rings. The summed E-state index contributed by atoms with van der Waals surface area (Å²) in [6, 6.07) is 4.42. The van der Waals surface area contributed by atoms with Gasteiger partial charge >= 0.3 is 0 Å². The first-order valence-electron chi connectivity index (χ1n) is 8.95. The number of rotatable bonds is 4. The minimum absolute atomic E-state index is 0.147. The second-order valence-corrected chi connectivity index (χ2v) is 6.89. The molecular formula is C20H20ClFN4O3. The molecule has 1 fully saturated rings. The molecule has 1 aliphatic heterocycles. The summed E-state index contributed by atoms with van der Waals surface area (Å²) < 4.78 is 19.8. The standard InChI is InChI=1S/C20H20ClFN4O3/c1-4-18(27)26-5-6-29-19(11(26)2)12-7-16(25-17(21)8-12)15-9-13(20(28)23-3)14(22)10-24-15/h4,7-11,19H,1,5-6H2,2-3H3,(H,23,28)/t11-,19+/m1/s1. The Morgan fingerprint density at radius 1 is 1.38 bits per heavy atom. The second-order valence-electron chi connectivity index (χ2n) is 6.50. The van der Waals surface area contributed by atoms with Crippen molar-refractivity contribution in [1.82, 2.24) is 20.2 Å². The number of pyridine rings is 2. The number of halogens is 2. The Bertz CT molecular complexity index is 969. The van der Waals surface area contributed by atoms with Crippen molar-refractivity contribution in [2.24, 2.45) is 0 Å². The Kier molecular flexibility index (Phi) is 6.24. The number of carbonyl (C=O) groups excluding carboxylic acids is 2. The van der Waals surface area contributed by atoms with Gasteiger partial charge in [0.05, 0.1) is 35.8 Å². The van der Waals surface area contributed by atoms with Gasteiger partial charge in [0.1, 0.15) is 11.3 Å². The molecule has 29 heavy (non-hydrogen) atoms. The molecule has 3 heterocycles. The Labute approximate surface area is 172 Å². The Morgan fingerprint density at radius 3 is 2.83 bits per heavy atom. The van der Waals surface area contributed by atoms with Crippen LogP contribution in [0.25, 0.3) is 11.4 Å². The van der Waals surface area contributed by atoms with E-state index in [4.69, 9.17) is 16.3 Å². The van der Waals surface area contributed by atoms with Gasteiger partial charge in [-0.15, -0.1) is 0 Å². The van der Waals surface area contributed by atoms with Crippen LogP contribution < -0.4 is 5.32 Å². The fourth-order valence-corrected chi connectivity index (χ4v) is 3.50. The monoisotopic (exact) mass is 418 g/mol. The smallest absolute Gasteiger partial charge is 0.254 e. The first-order valence-corrected chi connectivity index (χ1v) is 9.33. The fourth-order valence-electron chi connectivity index (χ4n) is 3.29. The molecule has 0 saturated carbocycles. The summed E-state index contributed by atoms with van der Waals surface area (Å²) >= 11 is 6.21. The van der Waals surface area contributed by atoms with E-state index in [1.54, 1.807) is 17.0 Å². The molecule has 3 rings (SSSR count). The zero-order valence-corrected chi connectivity index (χ0v) is 16.7. The average molecular weight is 419 g/mol. The van der Waals surface area contributed by atoms with Crippen LogP contribution in [0.3, 0.4) is 0 Å². The van der Waals surface area contributed by atoms with Gasteiger partial charge < -0.3 is 15.0 Å². The van der Waals surface area contributed by atoms with E-state index in [0.29, 0.717) is 24.4 Å². The van der Waals surface area contributed by atoms with E-state index in [1.165, 1.54) is 19.2 Å². The van der Waals surface area contributed by atoms with Crippen molar-refractivity contribution in [3.63, 3.8) is 0 Å². The van der Waals surface area contributed by atoms with Crippen molar-refractivity contribution in [1.29, 1.82) is 0 Å². The maximum Gasteiger partial charge on any atom is 0.254 e. The molecule has 0 unspecified atom stereocenters. The molecule has 2 atom stereocenters. The quantitative estimate of drug-likeness (QED) is 0.609. The van der Waals surface area contributed by atoms with Gasteiger partial charge in [-0.05, 0) is 36.8 Å². The molecule has 0 bridgehead atoms. The predicted octanol–water partition coefficient (Wildman–Crippen LogP) is 2.77. The van der Waals surface area contributed by atoms with E-state index in [2.05, 4.69) is 21.9 Å². The number of nitrogens with one attached hydrogen (secondary N) is 1. The van der Waals surface area contributed by atoms with Gasteiger partial charge in [-0.2, -0.15) is 0 Å². The molecule has 9 heteroatoms. The van der Waals surface area contributed by atoms with Crippen molar-refractivity contribution in [3.05, 3.63) is 59.1 Å². The van der Waals surface area contributed by atoms with Crippen LogP contribution in [-0.4, -0.2) is 52.9 Å². The third-order valence-corrected chi connectivity index (χ3v) is 4.95. The van der Waals surface area contributed by atoms with E-state index in [-0.39, 0.29) is 28.4 Å². The lowest BCUT2D eigenvalue weighted by Gasteiger charge is -2.39. The maximum atomic E-state index is 13.9. The third-order valence-electron chi connectivity index (χ3n) is 4.75. The predicted molar refractivity (Wildman–Crippen MR) is 106 cm³/mol. The number of carbonyl (C=O) groups is 2. The molecule has 0 aromatic carbocycles. The molecule has 1 aliphatic rings. The molecular weight excluding hydrogens is 399 g/mol. The zero-order chi connectivity index (χ0) is 21.1. The molecule has 1 N–H and O–H groups in total. The number of nitrogens with zero attached hydrogens (tertiary/aromatic N) is 3. The van der Waals surface area contributed by atoms with Gasteiger partial charge in [0.25, 0.3) is 5.91 Å². The van der Waals surface area contributed by atoms with E-state index in [0.717, 1.165) is 6.20 Å². The van der Waals surface area contributed by atoms with Gasteiger partial charge in [-0.1, -0.05) is 18.2 Å². The molecule has 2 amide bonds. The number of amides is 2. The van der Waals surface area contributed by atoms with Crippen LogP contribution in [0.2, 0.25) is 5.15 Å². The molecule has 2 aromatic heterocycles. The Balaban J connectivity index is 2.00. The van der Waals surface area contributed by atoms with Gasteiger partial charge in [0.2, 0.25) is 5.91 Å². The number of hydrogen-bond acceptors (Lipinski definition) is 5. The van der Waals surface area contributed by atoms with Crippen LogP contribution in [-0.2, 0) is 9.53 Å². The van der Waals surface area contributed by atoms with Crippen LogP contribution in [0.5, 0.6) is 0 Å². The third kappa shape index (κ3) is 4.28. The minimum Gasteiger partial charge on any atom is -0.370 e. The van der Waals surface area contributed by atoms with E-state index >= 15 is 0 Å². The van der Waals surface area contributed by atoms with Crippen molar-refractivity contribution >= 4 is 23.4 Å². The summed E-state index contributed by atoms with van der Waals surface area (Å²) in [6.45, 7) is 6.23. The maximum absolute atomic E-state index is 13.9. The topological polar surface area (TPSA) is 84.4 Å². The van der Waals surface area contributed by atoms with E-state index in [1.807, 2.05) is 6.92 Å². The van der Waals surface area contributed by atoms with Gasteiger partial charge in [-0.3, -0.25) is 14.6 Å². The van der Waals surface area contributed by atoms with Crippen molar-refractivity contribution in [2.75, 3.05) is 20.2 Å². The summed E-state index contributed by atoms with van der Waals surface area (Å²) in [6.07, 6.45) is 1.80. The summed E-state index contributed by atoms with van der Waals surface area (Å²) in [7, 11) is 1.41. The van der Waals surface area contributed by atoms with Crippen LogP contribution in [0.4, 0.5) is 4.39 Å². The highest BCUT2D eigenvalue weighted by Gasteiger charge is 2.32. The molecule has 0 aliphatic carbocycles. The van der Waals surface area contributed by atoms with Crippen LogP contribution in [0, 0.1) is 5.82 Å². The van der Waals surface area contributed by atoms with Crippen LogP contribution in [0.15, 0.2) is 37.1 Å². The molecule has 1 saturated heterocycles. The number of aromatic nitrogens is 2. The molecule has 152 valence electrons. The second kappa shape index (κ2) is 8.67. The largest absolute Gasteiger partial charge is 0.370 e. The number of hydrogen-bond donors (Lipinski definition) is 1. The molecule has 0 radical (unpaired) electrons. The first-order chi connectivity index (χ1) is 13.8. The van der Waals surface area contributed by atoms with E-state index in [9.17, 15) is 14.0 Å². The Morgan fingerprint density at radius 2 is 2.14 bits per heavy atom. The highest BCUT2D eigenvalue weighted by molar-refractivity contribution is 6.29. The zero-order valence-electron chi connectivity index (χ0n) is 16.0. The van der Waals surface area contributed by atoms with Crippen molar-refractivity contribution < 1.29 is 18.7 Å². The lowest BCUT2D eigenvalue weighted by molar-refractivity contribution is -0.140. The van der Waals surface area contributed by atoms with E-state index < -0.39 is 17.8 Å². The highest BCUT2D eigenvalue weighted by Crippen LogP contribution is 2.32. The number of morpholine rings is 1. The Hall–Kier alpha value is -2.84. The van der Waals surface area contributed by atoms with Crippen LogP contribution >= 0.6 is 11.6 Å². The van der Waals surface area contributed by atoms with Gasteiger partial charge in [-0.25, -0.2) is 9.37 Å². The van der Waals surface area contributed by atoms with Crippen molar-refractivity contribution in [2.45, 2.75) is 19.1 Å². The number of ether oxygens (including phenoxy) is 1.